The molecule has 0 aliphatic rings. The number of nitrogens with two attached hydrogens (primary N) is 1. The molecule has 0 atom stereocenters. The number of H-pyrrole nitrogens is 1. The summed E-state index contributed by atoms with van der Waals surface area (Å²) < 4.78 is 0. The van der Waals surface area contributed by atoms with Crippen LogP contribution in [0.3, 0.4) is 0 Å². The van der Waals surface area contributed by atoms with Crippen molar-refractivity contribution in [1.29, 1.82) is 0 Å². The fraction of sp³-hybridized carbons (Fsp3) is 0.118. The molecule has 0 aliphatic carbocycles. The Morgan fingerprint density at radius 3 is 2.86 bits per heavy atom. The first-order valence-corrected chi connectivity index (χ1v) is 6.95. The van der Waals surface area contributed by atoms with E-state index in [4.69, 9.17) is 5.73 Å². The maximum absolute atomic E-state index is 12.5. The fourth-order valence-corrected chi connectivity index (χ4v) is 2.47. The first-order chi connectivity index (χ1) is 10.2. The van der Waals surface area contributed by atoms with Crippen LogP contribution < -0.4 is 11.1 Å². The summed E-state index contributed by atoms with van der Waals surface area (Å²) in [6, 6.07) is 13.3. The molecule has 0 saturated carbocycles. The highest BCUT2D eigenvalue weighted by Gasteiger charge is 2.13. The first kappa shape index (κ1) is 13.2. The first-order valence-electron chi connectivity index (χ1n) is 6.95. The number of aromatic nitrogens is 1. The number of nitrogens with one attached hydrogen (secondary N) is 2. The van der Waals surface area contributed by atoms with Crippen molar-refractivity contribution in [3.63, 3.8) is 0 Å². The summed E-state index contributed by atoms with van der Waals surface area (Å²) in [6.07, 6.45) is 2.59. The van der Waals surface area contributed by atoms with Gasteiger partial charge in [-0.05, 0) is 36.2 Å². The number of carbonyl (C=O) groups is 1. The number of amides is 1. The van der Waals surface area contributed by atoms with Gasteiger partial charge in [0.1, 0.15) is 0 Å². The van der Waals surface area contributed by atoms with Gasteiger partial charge in [-0.2, -0.15) is 0 Å². The third-order valence-corrected chi connectivity index (χ3v) is 3.60. The van der Waals surface area contributed by atoms with Crippen molar-refractivity contribution in [1.82, 2.24) is 4.98 Å². The van der Waals surface area contributed by atoms with Gasteiger partial charge in [-0.3, -0.25) is 4.79 Å². The van der Waals surface area contributed by atoms with Crippen LogP contribution in [0.15, 0.2) is 48.7 Å². The Bertz CT molecular complexity index is 805. The van der Waals surface area contributed by atoms with Gasteiger partial charge < -0.3 is 16.0 Å². The van der Waals surface area contributed by atoms with E-state index in [0.717, 1.165) is 28.6 Å². The van der Waals surface area contributed by atoms with Crippen molar-refractivity contribution < 1.29 is 4.79 Å². The SMILES string of the molecule is CCc1ccccc1NC(=O)c1c[nH]c2cc(N)ccc12. The molecule has 106 valence electrons. The number of rotatable bonds is 3. The van der Waals surface area contributed by atoms with Gasteiger partial charge in [-0.25, -0.2) is 0 Å². The number of para-hydroxylation sites is 1. The summed E-state index contributed by atoms with van der Waals surface area (Å²) in [7, 11) is 0. The zero-order valence-corrected chi connectivity index (χ0v) is 11.8. The van der Waals surface area contributed by atoms with E-state index >= 15 is 0 Å². The van der Waals surface area contributed by atoms with E-state index < -0.39 is 0 Å². The average Bonchev–Trinajstić information content (AvgIpc) is 2.90. The Morgan fingerprint density at radius 1 is 1.24 bits per heavy atom. The molecule has 3 aromatic rings. The molecule has 0 bridgehead atoms. The van der Waals surface area contributed by atoms with Crippen LogP contribution in [0.1, 0.15) is 22.8 Å². The van der Waals surface area contributed by atoms with E-state index in [9.17, 15) is 4.79 Å². The summed E-state index contributed by atoms with van der Waals surface area (Å²) in [5, 5.41) is 3.85. The lowest BCUT2D eigenvalue weighted by Crippen LogP contribution is -2.12. The molecule has 1 aromatic heterocycles. The summed E-state index contributed by atoms with van der Waals surface area (Å²) in [5.74, 6) is -0.119. The summed E-state index contributed by atoms with van der Waals surface area (Å²) in [4.78, 5) is 15.6. The van der Waals surface area contributed by atoms with Crippen molar-refractivity contribution in [3.05, 3.63) is 59.8 Å². The topological polar surface area (TPSA) is 70.9 Å². The highest BCUT2D eigenvalue weighted by molar-refractivity contribution is 6.13. The van der Waals surface area contributed by atoms with Gasteiger partial charge in [0.2, 0.25) is 0 Å². The molecule has 0 radical (unpaired) electrons. The second kappa shape index (κ2) is 5.32. The number of aromatic amines is 1. The van der Waals surface area contributed by atoms with Crippen LogP contribution >= 0.6 is 0 Å². The second-order valence-electron chi connectivity index (χ2n) is 4.97. The van der Waals surface area contributed by atoms with Crippen molar-refractivity contribution in [3.8, 4) is 0 Å². The molecule has 1 heterocycles. The van der Waals surface area contributed by atoms with E-state index in [2.05, 4.69) is 17.2 Å². The van der Waals surface area contributed by atoms with Crippen LogP contribution in [-0.2, 0) is 6.42 Å². The van der Waals surface area contributed by atoms with Gasteiger partial charge in [-0.15, -0.1) is 0 Å². The lowest BCUT2D eigenvalue weighted by atomic mass is 10.1. The van der Waals surface area contributed by atoms with Gasteiger partial charge in [0.25, 0.3) is 5.91 Å². The normalized spacial score (nSPS) is 10.7. The number of hydrogen-bond acceptors (Lipinski definition) is 2. The van der Waals surface area contributed by atoms with Gasteiger partial charge in [0.15, 0.2) is 0 Å². The van der Waals surface area contributed by atoms with Crippen molar-refractivity contribution in [2.75, 3.05) is 11.1 Å². The molecule has 4 N–H and O–H groups in total. The molecular formula is C17H17N3O. The minimum Gasteiger partial charge on any atom is -0.399 e. The molecule has 0 aliphatic heterocycles. The third-order valence-electron chi connectivity index (χ3n) is 3.60. The van der Waals surface area contributed by atoms with Crippen LogP contribution in [0.2, 0.25) is 0 Å². The van der Waals surface area contributed by atoms with E-state index in [1.807, 2.05) is 36.4 Å². The van der Waals surface area contributed by atoms with Crippen molar-refractivity contribution in [2.45, 2.75) is 13.3 Å². The maximum Gasteiger partial charge on any atom is 0.257 e. The largest absolute Gasteiger partial charge is 0.399 e. The molecule has 4 nitrogen and oxygen atoms in total. The molecule has 21 heavy (non-hydrogen) atoms. The minimum absolute atomic E-state index is 0.119. The van der Waals surface area contributed by atoms with E-state index in [0.29, 0.717) is 11.3 Å². The Balaban J connectivity index is 1.94. The van der Waals surface area contributed by atoms with Crippen LogP contribution in [-0.4, -0.2) is 10.9 Å². The van der Waals surface area contributed by atoms with Gasteiger partial charge in [0.05, 0.1) is 5.56 Å². The van der Waals surface area contributed by atoms with Crippen molar-refractivity contribution in [2.24, 2.45) is 0 Å². The van der Waals surface area contributed by atoms with E-state index in [1.165, 1.54) is 0 Å². The maximum atomic E-state index is 12.5. The van der Waals surface area contributed by atoms with Crippen molar-refractivity contribution >= 4 is 28.2 Å². The third kappa shape index (κ3) is 2.48. The number of carbonyl (C=O) groups excluding carboxylic acids is 1. The summed E-state index contributed by atoms with van der Waals surface area (Å²) in [6.45, 7) is 2.07. The molecular weight excluding hydrogens is 262 g/mol. The lowest BCUT2D eigenvalue weighted by Gasteiger charge is -2.09. The van der Waals surface area contributed by atoms with Crippen LogP contribution in [0.5, 0.6) is 0 Å². The smallest absolute Gasteiger partial charge is 0.257 e. The van der Waals surface area contributed by atoms with Gasteiger partial charge in [-0.1, -0.05) is 25.1 Å². The number of aryl methyl sites for hydroxylation is 1. The minimum atomic E-state index is -0.119. The highest BCUT2D eigenvalue weighted by atomic mass is 16.1. The monoisotopic (exact) mass is 279 g/mol. The number of benzene rings is 2. The highest BCUT2D eigenvalue weighted by Crippen LogP contribution is 2.23. The van der Waals surface area contributed by atoms with Crippen LogP contribution in [0, 0.1) is 0 Å². The standard InChI is InChI=1S/C17H17N3O/c1-2-11-5-3-4-6-15(11)20-17(21)14-10-19-16-9-12(18)7-8-13(14)16/h3-10,19H,2,18H2,1H3,(H,20,21). The lowest BCUT2D eigenvalue weighted by molar-refractivity contribution is 0.102. The molecule has 0 saturated heterocycles. The van der Waals surface area contributed by atoms with Gasteiger partial charge >= 0.3 is 0 Å². The molecule has 2 aromatic carbocycles. The average molecular weight is 279 g/mol. The summed E-state index contributed by atoms with van der Waals surface area (Å²) >= 11 is 0. The summed E-state index contributed by atoms with van der Waals surface area (Å²) in [5.41, 5.74) is 9.89. The number of hydrogen-bond donors (Lipinski definition) is 3. The Hall–Kier alpha value is -2.75. The molecule has 3 rings (SSSR count). The Labute approximate surface area is 123 Å². The number of nitrogen functional groups attached to an aromatic ring is 1. The molecule has 0 unspecified atom stereocenters. The van der Waals surface area contributed by atoms with Gasteiger partial charge in [0, 0.05) is 28.5 Å². The quantitative estimate of drug-likeness (QED) is 0.641. The Morgan fingerprint density at radius 2 is 2.05 bits per heavy atom. The second-order valence-corrected chi connectivity index (χ2v) is 4.97. The number of fused-ring (bicyclic) bond motifs is 1. The zero-order valence-electron chi connectivity index (χ0n) is 11.8. The predicted molar refractivity (Wildman–Crippen MR) is 86.5 cm³/mol. The van der Waals surface area contributed by atoms with E-state index in [1.54, 1.807) is 12.3 Å². The molecule has 1 amide bonds. The van der Waals surface area contributed by atoms with Crippen LogP contribution in [0.4, 0.5) is 11.4 Å². The zero-order chi connectivity index (χ0) is 14.8. The fourth-order valence-electron chi connectivity index (χ4n) is 2.47. The molecule has 0 fully saturated rings. The Kier molecular flexibility index (Phi) is 3.36. The number of anilines is 2. The molecule has 0 spiro atoms. The molecule has 4 heteroatoms. The predicted octanol–water partition coefficient (Wildman–Crippen LogP) is 3.56. The van der Waals surface area contributed by atoms with E-state index in [-0.39, 0.29) is 5.91 Å². The van der Waals surface area contributed by atoms with Crippen LogP contribution in [0.25, 0.3) is 10.9 Å².